The summed E-state index contributed by atoms with van der Waals surface area (Å²) in [7, 11) is 1.56. The second-order valence-corrected chi connectivity index (χ2v) is 8.39. The van der Waals surface area contributed by atoms with E-state index in [2.05, 4.69) is 10.5 Å². The largest absolute Gasteiger partial charge is 0.454 e. The molecule has 3 aromatic rings. The Hall–Kier alpha value is -3.85. The molecule has 9 heteroatoms. The highest BCUT2D eigenvalue weighted by molar-refractivity contribution is 5.93. The third-order valence-electron chi connectivity index (χ3n) is 5.78. The molecule has 0 aliphatic carbocycles. The molecule has 35 heavy (non-hydrogen) atoms. The maximum atomic E-state index is 13.1. The molecule has 1 N–H and O–H groups in total. The van der Waals surface area contributed by atoms with Crippen molar-refractivity contribution < 1.29 is 28.3 Å². The lowest BCUT2D eigenvalue weighted by atomic mass is 10.0. The zero-order valence-electron chi connectivity index (χ0n) is 20.1. The van der Waals surface area contributed by atoms with Crippen molar-refractivity contribution in [3.05, 3.63) is 64.8 Å². The summed E-state index contributed by atoms with van der Waals surface area (Å²) in [5.41, 5.74) is 4.10. The molecule has 9 nitrogen and oxygen atoms in total. The number of aromatic nitrogens is 1. The van der Waals surface area contributed by atoms with Gasteiger partial charge in [0.05, 0.1) is 6.61 Å². The van der Waals surface area contributed by atoms with Gasteiger partial charge in [0.25, 0.3) is 5.91 Å². The maximum Gasteiger partial charge on any atom is 0.276 e. The molecule has 0 spiro atoms. The van der Waals surface area contributed by atoms with Crippen molar-refractivity contribution in [1.82, 2.24) is 15.4 Å². The first-order valence-electron chi connectivity index (χ1n) is 11.4. The van der Waals surface area contributed by atoms with E-state index in [4.69, 9.17) is 18.7 Å². The summed E-state index contributed by atoms with van der Waals surface area (Å²) >= 11 is 0. The van der Waals surface area contributed by atoms with Crippen LogP contribution in [0.2, 0.25) is 0 Å². The zero-order valence-corrected chi connectivity index (χ0v) is 20.1. The third-order valence-corrected chi connectivity index (χ3v) is 5.78. The Morgan fingerprint density at radius 2 is 1.89 bits per heavy atom. The number of fused-ring (bicyclic) bond motifs is 1. The molecular formula is C26H29N3O6. The fraction of sp³-hybridized carbons (Fsp3) is 0.346. The molecule has 1 aromatic heterocycles. The van der Waals surface area contributed by atoms with Crippen molar-refractivity contribution in [2.45, 2.75) is 26.8 Å². The van der Waals surface area contributed by atoms with Gasteiger partial charge in [0, 0.05) is 44.8 Å². The SMILES string of the molecule is COCCN(CCC(=O)NCc1ccc2c(c1)OCO2)C(=O)c1cc(-c2cc(C)ccc2C)on1. The van der Waals surface area contributed by atoms with E-state index in [0.29, 0.717) is 37.0 Å². The molecular weight excluding hydrogens is 450 g/mol. The van der Waals surface area contributed by atoms with Crippen molar-refractivity contribution in [2.24, 2.45) is 0 Å². The molecule has 1 aliphatic heterocycles. The molecule has 0 saturated heterocycles. The lowest BCUT2D eigenvalue weighted by molar-refractivity contribution is -0.121. The smallest absolute Gasteiger partial charge is 0.276 e. The molecule has 2 amide bonds. The molecule has 0 saturated carbocycles. The second kappa shape index (κ2) is 11.1. The number of rotatable bonds is 10. The van der Waals surface area contributed by atoms with Gasteiger partial charge in [-0.3, -0.25) is 9.59 Å². The summed E-state index contributed by atoms with van der Waals surface area (Å²) < 4.78 is 21.3. The number of nitrogens with one attached hydrogen (secondary N) is 1. The number of hydrogen-bond acceptors (Lipinski definition) is 7. The lowest BCUT2D eigenvalue weighted by Gasteiger charge is -2.21. The van der Waals surface area contributed by atoms with Crippen LogP contribution >= 0.6 is 0 Å². The van der Waals surface area contributed by atoms with Crippen molar-refractivity contribution >= 4 is 11.8 Å². The Bertz CT molecular complexity index is 1210. The minimum Gasteiger partial charge on any atom is -0.454 e. The van der Waals surface area contributed by atoms with E-state index >= 15 is 0 Å². The van der Waals surface area contributed by atoms with Crippen molar-refractivity contribution in [1.29, 1.82) is 0 Å². The third kappa shape index (κ3) is 5.99. The first-order valence-corrected chi connectivity index (χ1v) is 11.4. The van der Waals surface area contributed by atoms with E-state index < -0.39 is 0 Å². The van der Waals surface area contributed by atoms with Crippen molar-refractivity contribution in [3.63, 3.8) is 0 Å². The van der Waals surface area contributed by atoms with Crippen LogP contribution in [-0.4, -0.2) is 55.5 Å². The Morgan fingerprint density at radius 3 is 2.71 bits per heavy atom. The minimum atomic E-state index is -0.314. The molecule has 2 heterocycles. The second-order valence-electron chi connectivity index (χ2n) is 8.39. The van der Waals surface area contributed by atoms with Gasteiger partial charge in [-0.05, 0) is 43.2 Å². The zero-order chi connectivity index (χ0) is 24.8. The quantitative estimate of drug-likeness (QED) is 0.475. The van der Waals surface area contributed by atoms with Crippen LogP contribution in [0, 0.1) is 13.8 Å². The number of aryl methyl sites for hydroxylation is 2. The van der Waals surface area contributed by atoms with Crippen LogP contribution in [0.25, 0.3) is 11.3 Å². The van der Waals surface area contributed by atoms with Gasteiger partial charge >= 0.3 is 0 Å². The lowest BCUT2D eigenvalue weighted by Crippen LogP contribution is -2.37. The standard InChI is InChI=1S/C26H29N3O6/c1-17-4-5-18(2)20(12-17)23-14-21(28-35-23)26(31)29(10-11-32-3)9-8-25(30)27-15-19-6-7-22-24(13-19)34-16-33-22/h4-7,12-14H,8-11,15-16H2,1-3H3,(H,27,30). The van der Waals surface area contributed by atoms with Crippen LogP contribution in [0.5, 0.6) is 11.5 Å². The van der Waals surface area contributed by atoms with Crippen LogP contribution < -0.4 is 14.8 Å². The average Bonchev–Trinajstić information content (AvgIpc) is 3.53. The van der Waals surface area contributed by atoms with Gasteiger partial charge in [0.1, 0.15) is 0 Å². The van der Waals surface area contributed by atoms with Crippen molar-refractivity contribution in [3.8, 4) is 22.8 Å². The molecule has 0 atom stereocenters. The van der Waals surface area contributed by atoms with Gasteiger partial charge in [0.15, 0.2) is 23.0 Å². The first-order chi connectivity index (χ1) is 16.9. The Balaban J connectivity index is 1.36. The Labute approximate surface area is 203 Å². The normalized spacial score (nSPS) is 12.0. The van der Waals surface area contributed by atoms with E-state index in [1.165, 1.54) is 0 Å². The number of methoxy groups -OCH3 is 1. The van der Waals surface area contributed by atoms with E-state index in [1.54, 1.807) is 18.1 Å². The fourth-order valence-electron chi connectivity index (χ4n) is 3.76. The summed E-state index contributed by atoms with van der Waals surface area (Å²) in [4.78, 5) is 27.2. The average molecular weight is 480 g/mol. The van der Waals surface area contributed by atoms with Crippen LogP contribution in [0.15, 0.2) is 47.0 Å². The fourth-order valence-corrected chi connectivity index (χ4v) is 3.76. The molecule has 2 aromatic carbocycles. The number of amides is 2. The predicted octanol–water partition coefficient (Wildman–Crippen LogP) is 3.48. The van der Waals surface area contributed by atoms with E-state index in [0.717, 1.165) is 22.3 Å². The van der Waals surface area contributed by atoms with Gasteiger partial charge in [-0.2, -0.15) is 0 Å². The number of ether oxygens (including phenoxy) is 3. The monoisotopic (exact) mass is 479 g/mol. The predicted molar refractivity (Wildman–Crippen MR) is 128 cm³/mol. The number of hydrogen-bond donors (Lipinski definition) is 1. The Kier molecular flexibility index (Phi) is 7.67. The van der Waals surface area contributed by atoms with E-state index in [9.17, 15) is 9.59 Å². The molecule has 4 rings (SSSR count). The highest BCUT2D eigenvalue weighted by atomic mass is 16.7. The van der Waals surface area contributed by atoms with Gasteiger partial charge in [-0.1, -0.05) is 28.9 Å². The summed E-state index contributed by atoms with van der Waals surface area (Å²) in [6.45, 7) is 5.42. The van der Waals surface area contributed by atoms with Crippen molar-refractivity contribution in [2.75, 3.05) is 33.6 Å². The van der Waals surface area contributed by atoms with Crippen LogP contribution in [-0.2, 0) is 16.1 Å². The highest BCUT2D eigenvalue weighted by Gasteiger charge is 2.22. The number of nitrogens with zero attached hydrogens (tertiary/aromatic N) is 2. The number of carbonyl (C=O) groups is 2. The van der Waals surface area contributed by atoms with Crippen LogP contribution in [0.3, 0.4) is 0 Å². The number of benzene rings is 2. The van der Waals surface area contributed by atoms with Gasteiger partial charge in [0.2, 0.25) is 12.7 Å². The highest BCUT2D eigenvalue weighted by Crippen LogP contribution is 2.32. The van der Waals surface area contributed by atoms with Gasteiger partial charge in [-0.15, -0.1) is 0 Å². The molecule has 0 bridgehead atoms. The van der Waals surface area contributed by atoms with E-state index in [1.807, 2.05) is 50.2 Å². The summed E-state index contributed by atoms with van der Waals surface area (Å²) in [5, 5.41) is 6.87. The minimum absolute atomic E-state index is 0.141. The van der Waals surface area contributed by atoms with Gasteiger partial charge in [-0.25, -0.2) is 0 Å². The van der Waals surface area contributed by atoms with Crippen LogP contribution in [0.1, 0.15) is 33.6 Å². The summed E-state index contributed by atoms with van der Waals surface area (Å²) in [6, 6.07) is 13.2. The molecule has 1 aliphatic rings. The molecule has 0 radical (unpaired) electrons. The molecule has 0 fully saturated rings. The number of carbonyl (C=O) groups excluding carboxylic acids is 2. The first kappa shape index (κ1) is 24.3. The summed E-state index contributed by atoms with van der Waals surface area (Å²) in [5.74, 6) is 1.41. The molecule has 184 valence electrons. The summed E-state index contributed by atoms with van der Waals surface area (Å²) in [6.07, 6.45) is 0.141. The Morgan fingerprint density at radius 1 is 1.06 bits per heavy atom. The van der Waals surface area contributed by atoms with E-state index in [-0.39, 0.29) is 37.3 Å². The maximum absolute atomic E-state index is 13.1. The van der Waals surface area contributed by atoms with Crippen LogP contribution in [0.4, 0.5) is 0 Å². The topological polar surface area (TPSA) is 103 Å². The van der Waals surface area contributed by atoms with Gasteiger partial charge < -0.3 is 29.0 Å². The molecule has 0 unspecified atom stereocenters.